The van der Waals surface area contributed by atoms with Gasteiger partial charge < -0.3 is 0 Å². The summed E-state index contributed by atoms with van der Waals surface area (Å²) in [6.07, 6.45) is 1.37. The lowest BCUT2D eigenvalue weighted by molar-refractivity contribution is -0.121. The van der Waals surface area contributed by atoms with E-state index in [0.29, 0.717) is 5.56 Å². The molecule has 0 heterocycles. The molecule has 1 saturated carbocycles. The van der Waals surface area contributed by atoms with Gasteiger partial charge in [0, 0.05) is 6.04 Å². The molecule has 1 aliphatic carbocycles. The number of rotatable bonds is 6. The third-order valence-electron chi connectivity index (χ3n) is 4.05. The summed E-state index contributed by atoms with van der Waals surface area (Å²) < 4.78 is 40.2. The van der Waals surface area contributed by atoms with Crippen molar-refractivity contribution >= 4 is 45.0 Å². The molecule has 0 radical (unpaired) electrons. The fourth-order valence-corrected chi connectivity index (χ4v) is 4.58. The molecule has 2 aromatic rings. The van der Waals surface area contributed by atoms with Gasteiger partial charge in [0.25, 0.3) is 5.91 Å². The van der Waals surface area contributed by atoms with Crippen LogP contribution in [0.25, 0.3) is 0 Å². The summed E-state index contributed by atoms with van der Waals surface area (Å²) in [5.41, 5.74) is 4.74. The SMILES string of the molecule is O=C(Cc1ccc(F)cc1)NNC(=O)c1cc(S(=O)(=O)NC2CC2)c(Cl)cc1Cl. The second-order valence-corrected chi connectivity index (χ2v) is 8.96. The molecule has 1 aliphatic rings. The summed E-state index contributed by atoms with van der Waals surface area (Å²) in [5.74, 6) is -1.80. The van der Waals surface area contributed by atoms with Gasteiger partial charge in [-0.1, -0.05) is 35.3 Å². The minimum atomic E-state index is -3.91. The Labute approximate surface area is 176 Å². The van der Waals surface area contributed by atoms with Crippen molar-refractivity contribution in [1.29, 1.82) is 0 Å². The molecule has 154 valence electrons. The second kappa shape index (κ2) is 8.66. The first-order valence-corrected chi connectivity index (χ1v) is 10.7. The second-order valence-electron chi connectivity index (χ2n) is 6.46. The maximum absolute atomic E-state index is 12.9. The summed E-state index contributed by atoms with van der Waals surface area (Å²) in [5, 5.41) is -0.203. The lowest BCUT2D eigenvalue weighted by atomic mass is 10.1. The zero-order chi connectivity index (χ0) is 21.2. The molecular formula is C18H16Cl2FN3O4S. The van der Waals surface area contributed by atoms with Crippen LogP contribution in [-0.2, 0) is 21.2 Å². The standard InChI is InChI=1S/C18H16Cl2FN3O4S/c19-14-9-15(20)16(29(27,28)24-12-5-6-12)8-13(14)18(26)23-22-17(25)7-10-1-3-11(21)4-2-10/h1-4,8-9,12,24H,5-7H2,(H,22,25)(H,23,26). The number of halogens is 3. The Balaban J connectivity index is 1.69. The van der Waals surface area contributed by atoms with Crippen LogP contribution in [0.15, 0.2) is 41.3 Å². The van der Waals surface area contributed by atoms with Gasteiger partial charge in [0.15, 0.2) is 0 Å². The van der Waals surface area contributed by atoms with Gasteiger partial charge >= 0.3 is 0 Å². The van der Waals surface area contributed by atoms with Crippen LogP contribution in [0.4, 0.5) is 4.39 Å². The number of nitrogens with one attached hydrogen (secondary N) is 3. The maximum Gasteiger partial charge on any atom is 0.271 e. The molecule has 0 unspecified atom stereocenters. The molecule has 29 heavy (non-hydrogen) atoms. The van der Waals surface area contributed by atoms with Crippen LogP contribution in [-0.4, -0.2) is 26.3 Å². The van der Waals surface area contributed by atoms with Crippen LogP contribution < -0.4 is 15.6 Å². The fraction of sp³-hybridized carbons (Fsp3) is 0.222. The molecule has 1 fully saturated rings. The summed E-state index contributed by atoms with van der Waals surface area (Å²) in [7, 11) is -3.91. The lowest BCUT2D eigenvalue weighted by Gasteiger charge is -2.12. The van der Waals surface area contributed by atoms with Crippen molar-refractivity contribution in [2.24, 2.45) is 0 Å². The molecule has 2 amide bonds. The van der Waals surface area contributed by atoms with Gasteiger partial charge in [-0.3, -0.25) is 20.4 Å². The van der Waals surface area contributed by atoms with Crippen molar-refractivity contribution in [2.45, 2.75) is 30.2 Å². The maximum atomic E-state index is 12.9. The average Bonchev–Trinajstić information content (AvgIpc) is 3.44. The first-order valence-electron chi connectivity index (χ1n) is 8.51. The summed E-state index contributed by atoms with van der Waals surface area (Å²) in [6, 6.07) is 7.37. The predicted octanol–water partition coefficient (Wildman–Crippen LogP) is 2.58. The first kappa shape index (κ1) is 21.5. The van der Waals surface area contributed by atoms with Crippen molar-refractivity contribution in [3.63, 3.8) is 0 Å². The van der Waals surface area contributed by atoms with Gasteiger partial charge in [-0.05, 0) is 42.7 Å². The Morgan fingerprint density at radius 2 is 1.69 bits per heavy atom. The van der Waals surface area contributed by atoms with E-state index >= 15 is 0 Å². The highest BCUT2D eigenvalue weighted by Gasteiger charge is 2.30. The van der Waals surface area contributed by atoms with Crippen molar-refractivity contribution in [2.75, 3.05) is 0 Å². The fourth-order valence-electron chi connectivity index (χ4n) is 2.42. The van der Waals surface area contributed by atoms with Gasteiger partial charge in [0.2, 0.25) is 15.9 Å². The van der Waals surface area contributed by atoms with Gasteiger partial charge in [0.1, 0.15) is 10.7 Å². The molecule has 11 heteroatoms. The number of amides is 2. The lowest BCUT2D eigenvalue weighted by Crippen LogP contribution is -2.42. The minimum Gasteiger partial charge on any atom is -0.273 e. The normalized spacial score (nSPS) is 13.8. The van der Waals surface area contributed by atoms with Crippen LogP contribution in [0.3, 0.4) is 0 Å². The van der Waals surface area contributed by atoms with E-state index in [4.69, 9.17) is 23.2 Å². The topological polar surface area (TPSA) is 104 Å². The van der Waals surface area contributed by atoms with E-state index in [-0.39, 0.29) is 33.0 Å². The molecule has 0 atom stereocenters. The Morgan fingerprint density at radius 3 is 2.31 bits per heavy atom. The average molecular weight is 460 g/mol. The Kier molecular flexibility index (Phi) is 6.42. The molecule has 0 bridgehead atoms. The van der Waals surface area contributed by atoms with Crippen LogP contribution >= 0.6 is 23.2 Å². The van der Waals surface area contributed by atoms with E-state index < -0.39 is 27.7 Å². The van der Waals surface area contributed by atoms with Gasteiger partial charge in [-0.2, -0.15) is 0 Å². The molecule has 0 spiro atoms. The van der Waals surface area contributed by atoms with Gasteiger partial charge in [-0.25, -0.2) is 17.5 Å². The van der Waals surface area contributed by atoms with Crippen LogP contribution in [0.5, 0.6) is 0 Å². The zero-order valence-electron chi connectivity index (χ0n) is 14.8. The number of hydrazine groups is 1. The van der Waals surface area contributed by atoms with E-state index in [1.165, 1.54) is 24.3 Å². The molecule has 3 rings (SSSR count). The molecule has 7 nitrogen and oxygen atoms in total. The van der Waals surface area contributed by atoms with Crippen molar-refractivity contribution in [1.82, 2.24) is 15.6 Å². The predicted molar refractivity (Wildman–Crippen MR) is 106 cm³/mol. The van der Waals surface area contributed by atoms with E-state index in [1.807, 2.05) is 0 Å². The highest BCUT2D eigenvalue weighted by Crippen LogP contribution is 2.30. The van der Waals surface area contributed by atoms with Gasteiger partial charge in [-0.15, -0.1) is 0 Å². The Hall–Kier alpha value is -2.20. The van der Waals surface area contributed by atoms with Crippen LogP contribution in [0.1, 0.15) is 28.8 Å². The smallest absolute Gasteiger partial charge is 0.271 e. The van der Waals surface area contributed by atoms with Gasteiger partial charge in [0.05, 0.1) is 22.0 Å². The Bertz CT molecular complexity index is 1060. The van der Waals surface area contributed by atoms with Crippen molar-refractivity contribution < 1.29 is 22.4 Å². The van der Waals surface area contributed by atoms with E-state index in [1.54, 1.807) is 0 Å². The Morgan fingerprint density at radius 1 is 1.03 bits per heavy atom. The molecule has 3 N–H and O–H groups in total. The molecule has 0 aromatic heterocycles. The van der Waals surface area contributed by atoms with Crippen LogP contribution in [0, 0.1) is 5.82 Å². The number of sulfonamides is 1. The van der Waals surface area contributed by atoms with E-state index in [2.05, 4.69) is 15.6 Å². The largest absolute Gasteiger partial charge is 0.273 e. The zero-order valence-corrected chi connectivity index (χ0v) is 17.2. The summed E-state index contributed by atoms with van der Waals surface area (Å²) in [6.45, 7) is 0. The van der Waals surface area contributed by atoms with Crippen molar-refractivity contribution in [3.05, 3.63) is 63.4 Å². The summed E-state index contributed by atoms with van der Waals surface area (Å²) >= 11 is 12.0. The highest BCUT2D eigenvalue weighted by atomic mass is 35.5. The molecular weight excluding hydrogens is 444 g/mol. The van der Waals surface area contributed by atoms with E-state index in [9.17, 15) is 22.4 Å². The number of carbonyl (C=O) groups is 2. The van der Waals surface area contributed by atoms with E-state index in [0.717, 1.165) is 25.0 Å². The number of hydrogen-bond acceptors (Lipinski definition) is 4. The number of carbonyl (C=O) groups excluding carboxylic acids is 2. The summed E-state index contributed by atoms with van der Waals surface area (Å²) in [4.78, 5) is 24.0. The monoisotopic (exact) mass is 459 g/mol. The first-order chi connectivity index (χ1) is 13.7. The third kappa shape index (κ3) is 5.66. The molecule has 2 aromatic carbocycles. The molecule has 0 saturated heterocycles. The third-order valence-corrected chi connectivity index (χ3v) is 6.35. The highest BCUT2D eigenvalue weighted by molar-refractivity contribution is 7.89. The quantitative estimate of drug-likeness (QED) is 0.577. The number of hydrogen-bond donors (Lipinski definition) is 3. The van der Waals surface area contributed by atoms with Crippen molar-refractivity contribution in [3.8, 4) is 0 Å². The molecule has 0 aliphatic heterocycles. The van der Waals surface area contributed by atoms with Crippen LogP contribution in [0.2, 0.25) is 10.0 Å². The minimum absolute atomic E-state index is 0.0781. The number of benzene rings is 2.